The Kier molecular flexibility index (Phi) is 2.96. The van der Waals surface area contributed by atoms with E-state index in [1.807, 2.05) is 0 Å². The minimum absolute atomic E-state index is 0.109. The second-order valence-corrected chi connectivity index (χ2v) is 3.35. The molecule has 0 aromatic rings. The van der Waals surface area contributed by atoms with Crippen LogP contribution in [0.3, 0.4) is 0 Å². The first-order valence-corrected chi connectivity index (χ1v) is 4.18. The van der Waals surface area contributed by atoms with E-state index in [9.17, 15) is 17.6 Å². The molecule has 1 aliphatic rings. The average molecular weight is 184 g/mol. The van der Waals surface area contributed by atoms with Crippen LogP contribution in [-0.2, 0) is 0 Å². The van der Waals surface area contributed by atoms with Gasteiger partial charge in [-0.3, -0.25) is 4.39 Å². The summed E-state index contributed by atoms with van der Waals surface area (Å²) in [4.78, 5) is 0. The maximum Gasteiger partial charge on any atom is 0.392 e. The van der Waals surface area contributed by atoms with Crippen LogP contribution >= 0.6 is 0 Å². The maximum absolute atomic E-state index is 12.2. The van der Waals surface area contributed by atoms with E-state index in [0.29, 0.717) is 12.8 Å². The fourth-order valence-electron chi connectivity index (χ4n) is 1.82. The van der Waals surface area contributed by atoms with Crippen LogP contribution in [0.5, 0.6) is 0 Å². The van der Waals surface area contributed by atoms with Crippen LogP contribution in [-0.4, -0.2) is 12.9 Å². The highest BCUT2D eigenvalue weighted by Crippen LogP contribution is 2.41. The minimum atomic E-state index is -4.20. The molecule has 0 radical (unpaired) electrons. The van der Waals surface area contributed by atoms with Gasteiger partial charge in [0.05, 0.1) is 12.6 Å². The smallest absolute Gasteiger partial charge is 0.251 e. The van der Waals surface area contributed by atoms with Gasteiger partial charge in [-0.05, 0) is 18.8 Å². The molecule has 0 heterocycles. The zero-order chi connectivity index (χ0) is 9.19. The monoisotopic (exact) mass is 184 g/mol. The van der Waals surface area contributed by atoms with Crippen LogP contribution in [0.2, 0.25) is 0 Å². The predicted molar refractivity (Wildman–Crippen MR) is 37.5 cm³/mol. The summed E-state index contributed by atoms with van der Waals surface area (Å²) in [5.41, 5.74) is 0. The van der Waals surface area contributed by atoms with Gasteiger partial charge >= 0.3 is 6.18 Å². The lowest BCUT2D eigenvalue weighted by Crippen LogP contribution is -2.33. The maximum atomic E-state index is 12.2. The molecule has 72 valence electrons. The molecule has 0 bridgehead atoms. The van der Waals surface area contributed by atoms with Gasteiger partial charge in [0.1, 0.15) is 0 Å². The van der Waals surface area contributed by atoms with E-state index in [4.69, 9.17) is 0 Å². The number of hydrogen-bond acceptors (Lipinski definition) is 0. The second-order valence-electron chi connectivity index (χ2n) is 3.35. The Morgan fingerprint density at radius 3 is 2.08 bits per heavy atom. The number of rotatable bonds is 1. The molecule has 0 nitrogen and oxygen atoms in total. The van der Waals surface area contributed by atoms with Crippen LogP contribution in [0.25, 0.3) is 0 Å². The van der Waals surface area contributed by atoms with E-state index in [-0.39, 0.29) is 6.42 Å². The van der Waals surface area contributed by atoms with Crippen molar-refractivity contribution in [2.75, 3.05) is 6.67 Å². The molecular formula is C8H12F4. The van der Waals surface area contributed by atoms with Crippen LogP contribution < -0.4 is 0 Å². The highest BCUT2D eigenvalue weighted by Gasteiger charge is 2.45. The van der Waals surface area contributed by atoms with Gasteiger partial charge < -0.3 is 0 Å². The Balaban J connectivity index is 2.59. The summed E-state index contributed by atoms with van der Waals surface area (Å²) >= 11 is 0. The van der Waals surface area contributed by atoms with Crippen molar-refractivity contribution in [2.24, 2.45) is 11.8 Å². The molecule has 1 rings (SSSR count). The van der Waals surface area contributed by atoms with E-state index >= 15 is 0 Å². The third-order valence-electron chi connectivity index (χ3n) is 2.53. The van der Waals surface area contributed by atoms with E-state index in [2.05, 4.69) is 0 Å². The summed E-state index contributed by atoms with van der Waals surface area (Å²) in [6.45, 7) is -0.829. The summed E-state index contributed by atoms with van der Waals surface area (Å²) in [5.74, 6) is -2.17. The van der Waals surface area contributed by atoms with Gasteiger partial charge in [-0.15, -0.1) is 0 Å². The number of alkyl halides is 4. The van der Waals surface area contributed by atoms with Gasteiger partial charge in [0.15, 0.2) is 0 Å². The van der Waals surface area contributed by atoms with Crippen molar-refractivity contribution in [3.63, 3.8) is 0 Å². The minimum Gasteiger partial charge on any atom is -0.251 e. The van der Waals surface area contributed by atoms with Crippen molar-refractivity contribution in [1.29, 1.82) is 0 Å². The Morgan fingerprint density at radius 2 is 1.67 bits per heavy atom. The van der Waals surface area contributed by atoms with Crippen LogP contribution in [0.1, 0.15) is 25.7 Å². The summed E-state index contributed by atoms with van der Waals surface area (Å²) in [6, 6.07) is 0. The normalized spacial score (nSPS) is 32.0. The van der Waals surface area contributed by atoms with E-state index in [0.717, 1.165) is 6.42 Å². The standard InChI is InChI=1S/C8H12F4/c9-5-6-3-1-2-4-7(6)8(10,11)12/h6-7H,1-5H2. The van der Waals surface area contributed by atoms with E-state index < -0.39 is 24.7 Å². The second kappa shape index (κ2) is 3.62. The first-order valence-electron chi connectivity index (χ1n) is 4.18. The van der Waals surface area contributed by atoms with Crippen LogP contribution in [0.4, 0.5) is 17.6 Å². The van der Waals surface area contributed by atoms with Crippen molar-refractivity contribution in [2.45, 2.75) is 31.9 Å². The Morgan fingerprint density at radius 1 is 1.08 bits per heavy atom. The molecule has 0 aliphatic heterocycles. The van der Waals surface area contributed by atoms with Gasteiger partial charge in [-0.1, -0.05) is 12.8 Å². The van der Waals surface area contributed by atoms with Crippen molar-refractivity contribution in [3.05, 3.63) is 0 Å². The van der Waals surface area contributed by atoms with Gasteiger partial charge in [0, 0.05) is 0 Å². The summed E-state index contributed by atoms with van der Waals surface area (Å²) in [6.07, 6.45) is -2.38. The average Bonchev–Trinajstić information content (AvgIpc) is 2.03. The molecule has 0 saturated heterocycles. The molecule has 1 aliphatic carbocycles. The van der Waals surface area contributed by atoms with E-state index in [1.165, 1.54) is 0 Å². The van der Waals surface area contributed by atoms with Crippen molar-refractivity contribution in [1.82, 2.24) is 0 Å². The van der Waals surface area contributed by atoms with Crippen LogP contribution in [0.15, 0.2) is 0 Å². The topological polar surface area (TPSA) is 0 Å². The van der Waals surface area contributed by atoms with Gasteiger partial charge in [0.25, 0.3) is 0 Å². The van der Waals surface area contributed by atoms with E-state index in [1.54, 1.807) is 0 Å². The Bertz CT molecular complexity index is 140. The largest absolute Gasteiger partial charge is 0.392 e. The molecule has 1 saturated carbocycles. The Hall–Kier alpha value is -0.280. The van der Waals surface area contributed by atoms with Crippen LogP contribution in [0, 0.1) is 11.8 Å². The van der Waals surface area contributed by atoms with Crippen molar-refractivity contribution in [3.8, 4) is 0 Å². The zero-order valence-electron chi connectivity index (χ0n) is 6.70. The third-order valence-corrected chi connectivity index (χ3v) is 2.53. The molecule has 0 spiro atoms. The SMILES string of the molecule is FCC1CCCCC1C(F)(F)F. The fourth-order valence-corrected chi connectivity index (χ4v) is 1.82. The first kappa shape index (κ1) is 9.81. The van der Waals surface area contributed by atoms with Crippen molar-refractivity contribution >= 4 is 0 Å². The molecule has 0 aromatic heterocycles. The molecule has 2 atom stereocenters. The molecular weight excluding hydrogens is 172 g/mol. The summed E-state index contributed by atoms with van der Waals surface area (Å²) < 4.78 is 48.8. The number of halogens is 4. The molecule has 0 amide bonds. The summed E-state index contributed by atoms with van der Waals surface area (Å²) in [5, 5.41) is 0. The summed E-state index contributed by atoms with van der Waals surface area (Å²) in [7, 11) is 0. The highest BCUT2D eigenvalue weighted by molar-refractivity contribution is 4.79. The molecule has 12 heavy (non-hydrogen) atoms. The molecule has 4 heteroatoms. The molecule has 0 aromatic carbocycles. The molecule has 2 unspecified atom stereocenters. The highest BCUT2D eigenvalue weighted by atomic mass is 19.4. The zero-order valence-corrected chi connectivity index (χ0v) is 6.70. The lowest BCUT2D eigenvalue weighted by atomic mass is 9.79. The third kappa shape index (κ3) is 2.11. The Labute approximate surface area is 69.0 Å². The number of hydrogen-bond donors (Lipinski definition) is 0. The lowest BCUT2D eigenvalue weighted by molar-refractivity contribution is -0.197. The molecule has 1 fully saturated rings. The first-order chi connectivity index (χ1) is 5.55. The quantitative estimate of drug-likeness (QED) is 0.548. The lowest BCUT2D eigenvalue weighted by Gasteiger charge is -2.30. The van der Waals surface area contributed by atoms with Gasteiger partial charge in [-0.2, -0.15) is 13.2 Å². The van der Waals surface area contributed by atoms with Gasteiger partial charge in [0.2, 0.25) is 0 Å². The fraction of sp³-hybridized carbons (Fsp3) is 1.00. The molecule has 0 N–H and O–H groups in total. The van der Waals surface area contributed by atoms with Crippen molar-refractivity contribution < 1.29 is 17.6 Å². The predicted octanol–water partition coefficient (Wildman–Crippen LogP) is 3.32. The van der Waals surface area contributed by atoms with Gasteiger partial charge in [-0.25, -0.2) is 0 Å².